The quantitative estimate of drug-likeness (QED) is 0.762. The Morgan fingerprint density at radius 3 is 2.08 bits per heavy atom. The molecule has 0 N–H and O–H groups in total. The number of aromatic nitrogens is 2. The van der Waals surface area contributed by atoms with Gasteiger partial charge in [-0.1, -0.05) is 6.92 Å². The number of hydrogen-bond donors (Lipinski definition) is 0. The van der Waals surface area contributed by atoms with Gasteiger partial charge in [-0.3, -0.25) is 9.59 Å². The number of nitrogens with zero attached hydrogens (tertiary/aromatic N) is 6. The molecule has 3 rings (SSSR count). The van der Waals surface area contributed by atoms with E-state index in [1.165, 1.54) is 0 Å². The summed E-state index contributed by atoms with van der Waals surface area (Å²) in [5.74, 6) is 0.821. The van der Waals surface area contributed by atoms with Crippen LogP contribution in [-0.4, -0.2) is 95.6 Å². The summed E-state index contributed by atoms with van der Waals surface area (Å²) >= 11 is 0. The fourth-order valence-corrected chi connectivity index (χ4v) is 3.29. The zero-order valence-electron chi connectivity index (χ0n) is 15.0. The Labute approximate surface area is 148 Å². The van der Waals surface area contributed by atoms with Gasteiger partial charge >= 0.3 is 0 Å². The average Bonchev–Trinajstić information content (AvgIpc) is 2.67. The maximum Gasteiger partial charge on any atom is 0.274 e. The van der Waals surface area contributed by atoms with Crippen molar-refractivity contribution in [1.29, 1.82) is 0 Å². The number of hydrogen-bond acceptors (Lipinski definition) is 6. The largest absolute Gasteiger partial charge is 0.352 e. The summed E-state index contributed by atoms with van der Waals surface area (Å²) < 4.78 is 0. The number of piperazine rings is 2. The maximum atomic E-state index is 12.5. The third-order valence-electron chi connectivity index (χ3n) is 5.03. The number of amides is 2. The third kappa shape index (κ3) is 4.07. The van der Waals surface area contributed by atoms with Crippen LogP contribution in [-0.2, 0) is 4.79 Å². The van der Waals surface area contributed by atoms with Crippen LogP contribution >= 0.6 is 0 Å². The second-order valence-corrected chi connectivity index (χ2v) is 6.50. The highest BCUT2D eigenvalue weighted by Gasteiger charge is 2.24. The molecular weight excluding hydrogens is 320 g/mol. The van der Waals surface area contributed by atoms with Crippen LogP contribution in [0.2, 0.25) is 0 Å². The van der Waals surface area contributed by atoms with E-state index >= 15 is 0 Å². The summed E-state index contributed by atoms with van der Waals surface area (Å²) in [6.07, 6.45) is 0. The molecule has 25 heavy (non-hydrogen) atoms. The van der Waals surface area contributed by atoms with Crippen molar-refractivity contribution in [2.24, 2.45) is 0 Å². The summed E-state index contributed by atoms with van der Waals surface area (Å²) in [6, 6.07) is 3.61. The summed E-state index contributed by atoms with van der Waals surface area (Å²) in [5, 5.41) is 8.38. The number of carbonyl (C=O) groups is 2. The van der Waals surface area contributed by atoms with E-state index < -0.39 is 0 Å². The van der Waals surface area contributed by atoms with Crippen LogP contribution < -0.4 is 4.90 Å². The summed E-state index contributed by atoms with van der Waals surface area (Å²) in [6.45, 7) is 10.9. The number of likely N-dealkylation sites (N-methyl/N-ethyl adjacent to an activating group) is 1. The predicted molar refractivity (Wildman–Crippen MR) is 94.5 cm³/mol. The number of rotatable bonds is 3. The molecule has 2 saturated heterocycles. The Hall–Kier alpha value is -2.22. The highest BCUT2D eigenvalue weighted by atomic mass is 16.2. The van der Waals surface area contributed by atoms with Crippen molar-refractivity contribution in [3.05, 3.63) is 17.8 Å². The number of carbonyl (C=O) groups excluding carboxylic acids is 2. The number of anilines is 1. The van der Waals surface area contributed by atoms with E-state index in [-0.39, 0.29) is 11.8 Å². The monoisotopic (exact) mass is 346 g/mol. The van der Waals surface area contributed by atoms with Crippen LogP contribution in [0.4, 0.5) is 5.82 Å². The predicted octanol–water partition coefficient (Wildman–Crippen LogP) is -0.0772. The minimum absolute atomic E-state index is 0.0452. The Balaban J connectivity index is 1.57. The van der Waals surface area contributed by atoms with Crippen LogP contribution in [0.15, 0.2) is 12.1 Å². The first kappa shape index (κ1) is 17.6. The smallest absolute Gasteiger partial charge is 0.274 e. The Bertz CT molecular complexity index is 604. The molecule has 8 nitrogen and oxygen atoms in total. The Morgan fingerprint density at radius 1 is 0.920 bits per heavy atom. The highest BCUT2D eigenvalue weighted by molar-refractivity contribution is 5.92. The molecule has 2 aliphatic rings. The van der Waals surface area contributed by atoms with Crippen molar-refractivity contribution in [2.45, 2.75) is 13.8 Å². The van der Waals surface area contributed by atoms with Crippen molar-refractivity contribution < 1.29 is 9.59 Å². The summed E-state index contributed by atoms with van der Waals surface area (Å²) in [5.41, 5.74) is 0.399. The lowest BCUT2D eigenvalue weighted by Crippen LogP contribution is -2.49. The van der Waals surface area contributed by atoms with Crippen LogP contribution in [0.25, 0.3) is 0 Å². The standard InChI is InChI=1S/C17H26N6O2/c1-3-20-6-8-23(9-7-20)17(25)15-4-5-16(19-18-15)22-12-10-21(11-13-22)14(2)24/h4-5H,3,6-13H2,1-2H3. The van der Waals surface area contributed by atoms with Crippen LogP contribution in [0.5, 0.6) is 0 Å². The molecule has 1 aromatic heterocycles. The third-order valence-corrected chi connectivity index (χ3v) is 5.03. The van der Waals surface area contributed by atoms with Gasteiger partial charge in [-0.05, 0) is 18.7 Å². The molecule has 0 unspecified atom stereocenters. The Morgan fingerprint density at radius 2 is 1.56 bits per heavy atom. The molecule has 136 valence electrons. The topological polar surface area (TPSA) is 72.9 Å². The average molecular weight is 346 g/mol. The Kier molecular flexibility index (Phi) is 5.47. The van der Waals surface area contributed by atoms with E-state index in [1.54, 1.807) is 13.0 Å². The molecule has 2 amide bonds. The zero-order chi connectivity index (χ0) is 17.8. The lowest BCUT2D eigenvalue weighted by atomic mass is 10.2. The molecule has 0 aromatic carbocycles. The lowest BCUT2D eigenvalue weighted by Gasteiger charge is -2.35. The minimum atomic E-state index is -0.0452. The van der Waals surface area contributed by atoms with Gasteiger partial charge in [-0.25, -0.2) is 0 Å². The first-order chi connectivity index (χ1) is 12.1. The van der Waals surface area contributed by atoms with Gasteiger partial charge in [-0.2, -0.15) is 0 Å². The molecule has 1 aromatic rings. The molecule has 0 saturated carbocycles. The van der Waals surface area contributed by atoms with Gasteiger partial charge in [-0.15, -0.1) is 10.2 Å². The van der Waals surface area contributed by atoms with Gasteiger partial charge in [0.2, 0.25) is 5.91 Å². The molecule has 0 bridgehead atoms. The van der Waals surface area contributed by atoms with E-state index in [2.05, 4.69) is 26.9 Å². The van der Waals surface area contributed by atoms with E-state index in [0.29, 0.717) is 18.8 Å². The van der Waals surface area contributed by atoms with Crippen molar-refractivity contribution in [2.75, 3.05) is 63.8 Å². The van der Waals surface area contributed by atoms with Gasteiger partial charge in [0.05, 0.1) is 0 Å². The molecule has 2 fully saturated rings. The second kappa shape index (κ2) is 7.77. The first-order valence-electron chi connectivity index (χ1n) is 8.94. The van der Waals surface area contributed by atoms with Crippen molar-refractivity contribution in [1.82, 2.24) is 24.9 Å². The van der Waals surface area contributed by atoms with Gasteiger partial charge in [0.25, 0.3) is 5.91 Å². The van der Waals surface area contributed by atoms with Gasteiger partial charge in [0.15, 0.2) is 11.5 Å². The summed E-state index contributed by atoms with van der Waals surface area (Å²) in [4.78, 5) is 32.0. The van der Waals surface area contributed by atoms with E-state index in [1.807, 2.05) is 15.9 Å². The molecule has 0 spiro atoms. The molecule has 0 atom stereocenters. The van der Waals surface area contributed by atoms with E-state index in [9.17, 15) is 9.59 Å². The minimum Gasteiger partial charge on any atom is -0.352 e. The van der Waals surface area contributed by atoms with Gasteiger partial charge < -0.3 is 19.6 Å². The van der Waals surface area contributed by atoms with E-state index in [4.69, 9.17) is 0 Å². The van der Waals surface area contributed by atoms with Crippen LogP contribution in [0, 0.1) is 0 Å². The molecular formula is C17H26N6O2. The van der Waals surface area contributed by atoms with E-state index in [0.717, 1.165) is 51.6 Å². The van der Waals surface area contributed by atoms with Crippen LogP contribution in [0.1, 0.15) is 24.3 Å². The van der Waals surface area contributed by atoms with Crippen molar-refractivity contribution >= 4 is 17.6 Å². The molecule has 2 aliphatic heterocycles. The van der Waals surface area contributed by atoms with Gasteiger partial charge in [0.1, 0.15) is 0 Å². The normalized spacial score (nSPS) is 19.2. The zero-order valence-corrected chi connectivity index (χ0v) is 15.0. The first-order valence-corrected chi connectivity index (χ1v) is 8.94. The van der Waals surface area contributed by atoms with Gasteiger partial charge in [0, 0.05) is 59.3 Å². The van der Waals surface area contributed by atoms with Crippen molar-refractivity contribution in [3.8, 4) is 0 Å². The molecule has 3 heterocycles. The highest BCUT2D eigenvalue weighted by Crippen LogP contribution is 2.14. The molecule has 8 heteroatoms. The lowest BCUT2D eigenvalue weighted by molar-refractivity contribution is -0.129. The molecule has 0 aliphatic carbocycles. The maximum absolute atomic E-state index is 12.5. The van der Waals surface area contributed by atoms with Crippen molar-refractivity contribution in [3.63, 3.8) is 0 Å². The van der Waals surface area contributed by atoms with Crippen LogP contribution in [0.3, 0.4) is 0 Å². The summed E-state index contributed by atoms with van der Waals surface area (Å²) in [7, 11) is 0. The fourth-order valence-electron chi connectivity index (χ4n) is 3.29. The fraction of sp³-hybridized carbons (Fsp3) is 0.647. The SMILES string of the molecule is CCN1CCN(C(=O)c2ccc(N3CCN(C(C)=O)CC3)nn2)CC1. The molecule has 0 radical (unpaired) electrons. The second-order valence-electron chi connectivity index (χ2n) is 6.50.